The van der Waals surface area contributed by atoms with E-state index in [2.05, 4.69) is 36.4 Å². The predicted molar refractivity (Wildman–Crippen MR) is 177 cm³/mol. The molecule has 0 spiro atoms. The average Bonchev–Trinajstić information content (AvgIpc) is 3.66. The van der Waals surface area contributed by atoms with Gasteiger partial charge in [0.25, 0.3) is 0 Å². The highest BCUT2D eigenvalue weighted by Gasteiger charge is 2.29. The highest BCUT2D eigenvalue weighted by atomic mass is 35.5. The van der Waals surface area contributed by atoms with Gasteiger partial charge in [0, 0.05) is 37.8 Å². The number of carbonyl (C=O) groups is 5. The van der Waals surface area contributed by atoms with Gasteiger partial charge in [0.1, 0.15) is 24.5 Å². The van der Waals surface area contributed by atoms with Crippen LogP contribution in [-0.4, -0.2) is 90.7 Å². The molecule has 0 fully saturated rings. The van der Waals surface area contributed by atoms with Crippen LogP contribution in [0.4, 0.5) is 0 Å². The number of carbonyl (C=O) groups excluding carboxylic acids is 5. The maximum atomic E-state index is 13.5. The SMILES string of the molecule is CC(C)C[C@H]1NC(=O)[C@@H](C)NC(=O)CN(C(=O)CCn2cc(Cl)cn2)CCCNC(=O)Cn2nc(-c3ccccc3)nc2[C@H](C)NC1=O. The summed E-state index contributed by atoms with van der Waals surface area (Å²) in [7, 11) is 0. The Morgan fingerprint density at radius 2 is 1.73 bits per heavy atom. The minimum absolute atomic E-state index is 0.0523. The standard InChI is InChI=1S/C32H43ClN10O5/c1-20(2)15-25-32(48)37-21(3)30-39-29(23-9-6-5-7-10-23)40-43(30)19-26(44)34-12-8-13-41(18-27(45)36-22(4)31(47)38-25)28(46)11-14-42-17-24(33)16-35-42/h5-7,9-10,16-17,20-22,25H,8,11-15,18-19H2,1-4H3,(H,34,44)(H,36,45)(H,37,48)(H,38,47)/t21-,22+,25+/m0/s1. The summed E-state index contributed by atoms with van der Waals surface area (Å²) in [6.07, 6.45) is 3.80. The van der Waals surface area contributed by atoms with Crippen LogP contribution < -0.4 is 21.3 Å². The van der Waals surface area contributed by atoms with Crippen molar-refractivity contribution in [1.82, 2.24) is 50.7 Å². The van der Waals surface area contributed by atoms with Gasteiger partial charge < -0.3 is 26.2 Å². The number of nitrogens with one attached hydrogen (secondary N) is 4. The van der Waals surface area contributed by atoms with E-state index in [0.717, 1.165) is 5.56 Å². The molecule has 4 rings (SSSR count). The lowest BCUT2D eigenvalue weighted by Crippen LogP contribution is -2.54. The van der Waals surface area contributed by atoms with Crippen LogP contribution in [0.5, 0.6) is 0 Å². The molecule has 0 aliphatic carbocycles. The second kappa shape index (κ2) is 16.9. The van der Waals surface area contributed by atoms with Gasteiger partial charge in [0.05, 0.1) is 23.8 Å². The highest BCUT2D eigenvalue weighted by Crippen LogP contribution is 2.19. The van der Waals surface area contributed by atoms with Gasteiger partial charge in [-0.3, -0.25) is 28.7 Å². The Bertz CT molecular complexity index is 1590. The molecule has 0 bridgehead atoms. The summed E-state index contributed by atoms with van der Waals surface area (Å²) in [5.41, 5.74) is 0.743. The number of rotatable bonds is 6. The molecule has 1 aromatic carbocycles. The third-order valence-electron chi connectivity index (χ3n) is 7.65. The fourth-order valence-electron chi connectivity index (χ4n) is 5.22. The first kappa shape index (κ1) is 36.1. The van der Waals surface area contributed by atoms with Crippen molar-refractivity contribution in [3.05, 3.63) is 53.6 Å². The summed E-state index contributed by atoms with van der Waals surface area (Å²) in [6, 6.07) is 6.71. The molecule has 3 aromatic rings. The van der Waals surface area contributed by atoms with Gasteiger partial charge in [-0.05, 0) is 32.6 Å². The van der Waals surface area contributed by atoms with Crippen LogP contribution in [0.1, 0.15) is 58.8 Å². The Kier molecular flexibility index (Phi) is 12.7. The van der Waals surface area contributed by atoms with Crippen molar-refractivity contribution in [2.24, 2.45) is 5.92 Å². The van der Waals surface area contributed by atoms with Crippen LogP contribution in [0.15, 0.2) is 42.7 Å². The van der Waals surface area contributed by atoms with Crippen LogP contribution in [0.25, 0.3) is 11.4 Å². The highest BCUT2D eigenvalue weighted by molar-refractivity contribution is 6.30. The fraction of sp³-hybridized carbons (Fsp3) is 0.500. The van der Waals surface area contributed by atoms with Crippen molar-refractivity contribution in [2.45, 2.75) is 78.2 Å². The first-order valence-electron chi connectivity index (χ1n) is 16.0. The van der Waals surface area contributed by atoms with Crippen molar-refractivity contribution >= 4 is 41.1 Å². The zero-order chi connectivity index (χ0) is 34.8. The zero-order valence-corrected chi connectivity index (χ0v) is 28.4. The molecule has 2 aromatic heterocycles. The van der Waals surface area contributed by atoms with Crippen molar-refractivity contribution in [2.75, 3.05) is 19.6 Å². The first-order valence-corrected chi connectivity index (χ1v) is 16.4. The Morgan fingerprint density at radius 1 is 0.979 bits per heavy atom. The van der Waals surface area contributed by atoms with E-state index in [1.807, 2.05) is 44.2 Å². The van der Waals surface area contributed by atoms with Crippen molar-refractivity contribution < 1.29 is 24.0 Å². The molecule has 0 unspecified atom stereocenters. The molecule has 4 N–H and O–H groups in total. The average molecular weight is 683 g/mol. The Labute approximate surface area is 284 Å². The number of amides is 5. The van der Waals surface area contributed by atoms with Crippen molar-refractivity contribution in [1.29, 1.82) is 0 Å². The van der Waals surface area contributed by atoms with Crippen molar-refractivity contribution in [3.8, 4) is 11.4 Å². The van der Waals surface area contributed by atoms with Crippen LogP contribution in [0.3, 0.4) is 0 Å². The van der Waals surface area contributed by atoms with E-state index in [4.69, 9.17) is 11.6 Å². The molecular weight excluding hydrogens is 640 g/mol. The van der Waals surface area contributed by atoms with Crippen LogP contribution in [0.2, 0.25) is 5.02 Å². The Hall–Kier alpha value is -4.79. The maximum absolute atomic E-state index is 13.5. The topological polar surface area (TPSA) is 185 Å². The third-order valence-corrected chi connectivity index (χ3v) is 7.85. The van der Waals surface area contributed by atoms with E-state index in [0.29, 0.717) is 29.5 Å². The van der Waals surface area contributed by atoms with E-state index in [9.17, 15) is 24.0 Å². The van der Waals surface area contributed by atoms with E-state index in [1.165, 1.54) is 27.4 Å². The molecule has 258 valence electrons. The van der Waals surface area contributed by atoms with Gasteiger partial charge in [0.2, 0.25) is 29.5 Å². The van der Waals surface area contributed by atoms with E-state index in [1.54, 1.807) is 13.1 Å². The number of fused-ring (bicyclic) bond motifs is 1. The quantitative estimate of drug-likeness (QED) is 0.301. The summed E-state index contributed by atoms with van der Waals surface area (Å²) in [6.45, 7) is 7.27. The summed E-state index contributed by atoms with van der Waals surface area (Å²) in [5, 5.41) is 20.3. The summed E-state index contributed by atoms with van der Waals surface area (Å²) in [4.78, 5) is 72.1. The molecule has 16 heteroatoms. The fourth-order valence-corrected chi connectivity index (χ4v) is 5.37. The molecular formula is C32H43ClN10O5. The lowest BCUT2D eigenvalue weighted by atomic mass is 10.0. The predicted octanol–water partition coefficient (Wildman–Crippen LogP) is 1.45. The maximum Gasteiger partial charge on any atom is 0.243 e. The summed E-state index contributed by atoms with van der Waals surface area (Å²) < 4.78 is 2.98. The largest absolute Gasteiger partial charge is 0.354 e. The first-order chi connectivity index (χ1) is 22.9. The normalized spacial score (nSPS) is 20.5. The minimum atomic E-state index is -0.988. The smallest absolute Gasteiger partial charge is 0.243 e. The molecule has 3 heterocycles. The lowest BCUT2D eigenvalue weighted by Gasteiger charge is -2.25. The number of hydrogen-bond donors (Lipinski definition) is 4. The number of halogens is 1. The molecule has 0 saturated carbocycles. The Morgan fingerprint density at radius 3 is 2.42 bits per heavy atom. The molecule has 48 heavy (non-hydrogen) atoms. The van der Waals surface area contributed by atoms with Gasteiger partial charge in [0.15, 0.2) is 5.82 Å². The molecule has 1 aliphatic rings. The molecule has 1 aliphatic heterocycles. The molecule has 0 radical (unpaired) electrons. The number of aromatic nitrogens is 5. The summed E-state index contributed by atoms with van der Waals surface area (Å²) >= 11 is 5.93. The second-order valence-corrected chi connectivity index (χ2v) is 12.7. The number of aryl methyl sites for hydroxylation is 1. The monoisotopic (exact) mass is 682 g/mol. The number of benzene rings is 1. The van der Waals surface area contributed by atoms with Gasteiger partial charge >= 0.3 is 0 Å². The van der Waals surface area contributed by atoms with Gasteiger partial charge in [-0.25, -0.2) is 9.67 Å². The zero-order valence-electron chi connectivity index (χ0n) is 27.6. The molecule has 3 atom stereocenters. The number of hydrogen-bond acceptors (Lipinski definition) is 8. The van der Waals surface area contributed by atoms with E-state index >= 15 is 0 Å². The third kappa shape index (κ3) is 10.4. The van der Waals surface area contributed by atoms with Crippen LogP contribution in [-0.2, 0) is 37.1 Å². The van der Waals surface area contributed by atoms with Gasteiger partial charge in [-0.2, -0.15) is 10.2 Å². The molecule has 0 saturated heterocycles. The van der Waals surface area contributed by atoms with Crippen LogP contribution >= 0.6 is 11.6 Å². The minimum Gasteiger partial charge on any atom is -0.354 e. The molecule has 5 amide bonds. The van der Waals surface area contributed by atoms with E-state index in [-0.39, 0.29) is 56.9 Å². The number of nitrogens with zero attached hydrogens (tertiary/aromatic N) is 6. The van der Waals surface area contributed by atoms with Gasteiger partial charge in [-0.15, -0.1) is 0 Å². The lowest BCUT2D eigenvalue weighted by molar-refractivity contribution is -0.137. The van der Waals surface area contributed by atoms with Crippen LogP contribution in [0, 0.1) is 5.92 Å². The van der Waals surface area contributed by atoms with Crippen molar-refractivity contribution in [3.63, 3.8) is 0 Å². The molecule has 15 nitrogen and oxygen atoms in total. The summed E-state index contributed by atoms with van der Waals surface area (Å²) in [5.74, 6) is -1.39. The van der Waals surface area contributed by atoms with Gasteiger partial charge in [-0.1, -0.05) is 55.8 Å². The Balaban J connectivity index is 1.58. The van der Waals surface area contributed by atoms with E-state index < -0.39 is 35.8 Å². The second-order valence-electron chi connectivity index (χ2n) is 12.2.